The number of aldehydes is 1. The maximum Gasteiger partial charge on any atom is 0.263 e. The minimum atomic E-state index is -2.47. The Balaban J connectivity index is 1.84. The molecule has 0 bridgehead atoms. The summed E-state index contributed by atoms with van der Waals surface area (Å²) in [5, 5.41) is 5.31. The molecule has 0 unspecified atom stereocenters. The number of rotatable bonds is 3. The summed E-state index contributed by atoms with van der Waals surface area (Å²) in [6.07, 6.45) is 4.08. The summed E-state index contributed by atoms with van der Waals surface area (Å²) in [5.74, 6) is 0.168. The van der Waals surface area contributed by atoms with Crippen LogP contribution in [0.15, 0.2) is 24.4 Å². The molecular weight excluding hydrogens is 262 g/mol. The van der Waals surface area contributed by atoms with Crippen LogP contribution in [0.2, 0.25) is 0 Å². The van der Waals surface area contributed by atoms with Crippen molar-refractivity contribution >= 4 is 17.2 Å². The van der Waals surface area contributed by atoms with E-state index in [4.69, 9.17) is 0 Å². The molecule has 0 radical (unpaired) electrons. The van der Waals surface area contributed by atoms with Gasteiger partial charge in [0, 0.05) is 23.1 Å². The largest absolute Gasteiger partial charge is 0.303 e. The van der Waals surface area contributed by atoms with Gasteiger partial charge in [-0.3, -0.25) is 4.68 Å². The van der Waals surface area contributed by atoms with E-state index in [0.29, 0.717) is 5.52 Å². The molecule has 1 aliphatic carbocycles. The van der Waals surface area contributed by atoms with Crippen LogP contribution in [-0.4, -0.2) is 16.1 Å². The van der Waals surface area contributed by atoms with Gasteiger partial charge in [-0.15, -0.1) is 0 Å². The molecule has 0 amide bonds. The van der Waals surface area contributed by atoms with Gasteiger partial charge in [-0.25, -0.2) is 8.78 Å². The molecule has 0 saturated heterocycles. The van der Waals surface area contributed by atoms with Crippen LogP contribution in [0.4, 0.5) is 8.78 Å². The second-order valence-corrected chi connectivity index (χ2v) is 5.43. The predicted molar refractivity (Wildman–Crippen MR) is 71.7 cm³/mol. The second-order valence-electron chi connectivity index (χ2n) is 5.43. The van der Waals surface area contributed by atoms with E-state index in [0.717, 1.165) is 37.4 Å². The van der Waals surface area contributed by atoms with E-state index >= 15 is 0 Å². The summed E-state index contributed by atoms with van der Waals surface area (Å²) in [6, 6.07) is 4.86. The summed E-state index contributed by atoms with van der Waals surface area (Å²) in [7, 11) is 0. The predicted octanol–water partition coefficient (Wildman–Crippen LogP) is 3.90. The molecule has 20 heavy (non-hydrogen) atoms. The highest BCUT2D eigenvalue weighted by molar-refractivity contribution is 5.78. The van der Waals surface area contributed by atoms with Crippen molar-refractivity contribution in [2.45, 2.75) is 38.2 Å². The highest BCUT2D eigenvalue weighted by Gasteiger charge is 2.22. The minimum Gasteiger partial charge on any atom is -0.303 e. The molecule has 3 rings (SSSR count). The first-order valence-electron chi connectivity index (χ1n) is 6.89. The standard InChI is InChI=1S/C15H16F2N2O/c16-15(17)11-3-4-12-8-19(18-14(12)7-11)13-5-1-10(9-20)2-6-13/h3-4,7-10,13,15H,1-2,5-6H2. The zero-order valence-electron chi connectivity index (χ0n) is 11.0. The van der Waals surface area contributed by atoms with Crippen molar-refractivity contribution in [2.24, 2.45) is 5.92 Å². The van der Waals surface area contributed by atoms with Gasteiger partial charge in [0.2, 0.25) is 0 Å². The Labute approximate surface area is 115 Å². The normalized spacial score (nSPS) is 23.4. The van der Waals surface area contributed by atoms with Gasteiger partial charge in [-0.2, -0.15) is 5.10 Å². The van der Waals surface area contributed by atoms with Gasteiger partial charge < -0.3 is 4.79 Å². The Morgan fingerprint density at radius 3 is 2.65 bits per heavy atom. The van der Waals surface area contributed by atoms with Gasteiger partial charge >= 0.3 is 0 Å². The Morgan fingerprint density at radius 1 is 1.25 bits per heavy atom. The van der Waals surface area contributed by atoms with Crippen LogP contribution in [0.5, 0.6) is 0 Å². The average Bonchev–Trinajstić information content (AvgIpc) is 2.90. The molecule has 3 nitrogen and oxygen atoms in total. The van der Waals surface area contributed by atoms with E-state index in [-0.39, 0.29) is 17.5 Å². The third-order valence-electron chi connectivity index (χ3n) is 4.11. The topological polar surface area (TPSA) is 34.9 Å². The quantitative estimate of drug-likeness (QED) is 0.798. The zero-order chi connectivity index (χ0) is 14.1. The molecular formula is C15H16F2N2O. The molecule has 0 atom stereocenters. The number of fused-ring (bicyclic) bond motifs is 1. The second kappa shape index (κ2) is 5.31. The monoisotopic (exact) mass is 278 g/mol. The molecule has 0 spiro atoms. The smallest absolute Gasteiger partial charge is 0.263 e. The van der Waals surface area contributed by atoms with Crippen LogP contribution in [0.3, 0.4) is 0 Å². The van der Waals surface area contributed by atoms with Gasteiger partial charge in [0.1, 0.15) is 6.29 Å². The lowest BCUT2D eigenvalue weighted by atomic mass is 9.87. The van der Waals surface area contributed by atoms with Crippen LogP contribution >= 0.6 is 0 Å². The molecule has 1 aromatic heterocycles. The number of halogens is 2. The van der Waals surface area contributed by atoms with E-state index in [1.54, 1.807) is 6.07 Å². The van der Waals surface area contributed by atoms with Crippen molar-refractivity contribution in [1.29, 1.82) is 0 Å². The van der Waals surface area contributed by atoms with Crippen LogP contribution in [0.25, 0.3) is 10.9 Å². The first kappa shape index (κ1) is 13.2. The fourth-order valence-electron chi connectivity index (χ4n) is 2.88. The molecule has 1 saturated carbocycles. The SMILES string of the molecule is O=CC1CCC(n2cc3ccc(C(F)F)cc3n2)CC1. The lowest BCUT2D eigenvalue weighted by Gasteiger charge is -2.25. The molecule has 5 heteroatoms. The number of carbonyl (C=O) groups is 1. The van der Waals surface area contributed by atoms with Crippen molar-refractivity contribution in [3.8, 4) is 0 Å². The Morgan fingerprint density at radius 2 is 2.00 bits per heavy atom. The van der Waals surface area contributed by atoms with Crippen LogP contribution in [0, 0.1) is 5.92 Å². The summed E-state index contributed by atoms with van der Waals surface area (Å²) < 4.78 is 27.2. The lowest BCUT2D eigenvalue weighted by molar-refractivity contribution is -0.112. The number of alkyl halides is 2. The molecule has 0 aliphatic heterocycles. The number of aromatic nitrogens is 2. The number of benzene rings is 1. The number of nitrogens with zero attached hydrogens (tertiary/aromatic N) is 2. The summed E-state index contributed by atoms with van der Waals surface area (Å²) in [4.78, 5) is 10.8. The summed E-state index contributed by atoms with van der Waals surface area (Å²) >= 11 is 0. The minimum absolute atomic E-state index is 0.00686. The maximum atomic E-state index is 12.7. The van der Waals surface area contributed by atoms with E-state index in [2.05, 4.69) is 5.10 Å². The average molecular weight is 278 g/mol. The molecule has 2 aromatic rings. The zero-order valence-corrected chi connectivity index (χ0v) is 11.0. The lowest BCUT2D eigenvalue weighted by Crippen LogP contribution is -2.19. The third-order valence-corrected chi connectivity index (χ3v) is 4.11. The molecule has 1 aliphatic rings. The number of hydrogen-bond donors (Lipinski definition) is 0. The molecule has 1 heterocycles. The van der Waals surface area contributed by atoms with Crippen molar-refractivity contribution < 1.29 is 13.6 Å². The van der Waals surface area contributed by atoms with E-state index < -0.39 is 6.43 Å². The van der Waals surface area contributed by atoms with Gasteiger partial charge in [0.15, 0.2) is 0 Å². The summed E-state index contributed by atoms with van der Waals surface area (Å²) in [5.41, 5.74) is 0.618. The summed E-state index contributed by atoms with van der Waals surface area (Å²) in [6.45, 7) is 0. The van der Waals surface area contributed by atoms with Gasteiger partial charge in [-0.1, -0.05) is 12.1 Å². The molecule has 0 N–H and O–H groups in total. The van der Waals surface area contributed by atoms with Crippen LogP contribution < -0.4 is 0 Å². The fraction of sp³-hybridized carbons (Fsp3) is 0.467. The van der Waals surface area contributed by atoms with Gasteiger partial charge in [0.05, 0.1) is 11.6 Å². The van der Waals surface area contributed by atoms with Crippen molar-refractivity contribution in [3.63, 3.8) is 0 Å². The van der Waals surface area contributed by atoms with Crippen molar-refractivity contribution in [1.82, 2.24) is 9.78 Å². The number of hydrogen-bond acceptors (Lipinski definition) is 2. The Hall–Kier alpha value is -1.78. The van der Waals surface area contributed by atoms with Gasteiger partial charge in [-0.05, 0) is 31.7 Å². The van der Waals surface area contributed by atoms with E-state index in [9.17, 15) is 13.6 Å². The van der Waals surface area contributed by atoms with Crippen molar-refractivity contribution in [3.05, 3.63) is 30.0 Å². The van der Waals surface area contributed by atoms with E-state index in [1.807, 2.05) is 10.9 Å². The first-order valence-corrected chi connectivity index (χ1v) is 6.89. The Bertz CT molecular complexity index is 615. The molecule has 1 aromatic carbocycles. The van der Waals surface area contributed by atoms with Gasteiger partial charge in [0.25, 0.3) is 6.43 Å². The first-order chi connectivity index (χ1) is 9.67. The number of carbonyl (C=O) groups excluding carboxylic acids is 1. The van der Waals surface area contributed by atoms with Crippen molar-refractivity contribution in [2.75, 3.05) is 0 Å². The highest BCUT2D eigenvalue weighted by Crippen LogP contribution is 2.32. The Kier molecular flexibility index (Phi) is 3.51. The molecule has 106 valence electrons. The van der Waals surface area contributed by atoms with E-state index in [1.165, 1.54) is 12.1 Å². The highest BCUT2D eigenvalue weighted by atomic mass is 19.3. The third kappa shape index (κ3) is 2.44. The van der Waals surface area contributed by atoms with Crippen LogP contribution in [0.1, 0.15) is 43.7 Å². The molecule has 1 fully saturated rings. The van der Waals surface area contributed by atoms with Crippen LogP contribution in [-0.2, 0) is 4.79 Å². The fourth-order valence-corrected chi connectivity index (χ4v) is 2.88. The maximum absolute atomic E-state index is 12.7.